The molecule has 24 heavy (non-hydrogen) atoms. The van der Waals surface area contributed by atoms with Gasteiger partial charge in [-0.1, -0.05) is 48.0 Å². The van der Waals surface area contributed by atoms with Gasteiger partial charge in [0.25, 0.3) is 5.56 Å². The Balaban J connectivity index is 1.82. The number of anilines is 2. The maximum absolute atomic E-state index is 12.3. The second-order valence-electron chi connectivity index (χ2n) is 6.00. The molecule has 3 aromatic rings. The largest absolute Gasteiger partial charge is 0.324 e. The number of rotatable bonds is 4. The van der Waals surface area contributed by atoms with E-state index in [9.17, 15) is 4.79 Å². The van der Waals surface area contributed by atoms with Gasteiger partial charge >= 0.3 is 0 Å². The van der Waals surface area contributed by atoms with Crippen LogP contribution < -0.4 is 10.9 Å². The predicted molar refractivity (Wildman–Crippen MR) is 95.8 cm³/mol. The quantitative estimate of drug-likeness (QED) is 0.772. The number of hydrogen-bond acceptors (Lipinski definition) is 4. The minimum absolute atomic E-state index is 0.223. The molecule has 2 N–H and O–H groups in total. The maximum atomic E-state index is 12.3. The molecule has 0 saturated heterocycles. The standard InChI is InChI=1S/C19H20N4O/c1-12-7-9-15(10-8-12)11-16-18(24)21-19(23-22-16)20-17-13(2)5-4-6-14(17)3/h4-10H,11H2,1-3H3,(H2,20,21,23,24). The molecule has 0 aliphatic heterocycles. The lowest BCUT2D eigenvalue weighted by molar-refractivity contribution is 0.873. The van der Waals surface area contributed by atoms with Crippen molar-refractivity contribution in [2.75, 3.05) is 5.32 Å². The summed E-state index contributed by atoms with van der Waals surface area (Å²) >= 11 is 0. The number of hydrogen-bond donors (Lipinski definition) is 2. The number of nitrogens with one attached hydrogen (secondary N) is 2. The van der Waals surface area contributed by atoms with E-state index in [1.54, 1.807) is 0 Å². The molecule has 122 valence electrons. The van der Waals surface area contributed by atoms with Crippen molar-refractivity contribution in [1.82, 2.24) is 15.2 Å². The van der Waals surface area contributed by atoms with E-state index in [-0.39, 0.29) is 5.56 Å². The van der Waals surface area contributed by atoms with Crippen molar-refractivity contribution in [3.63, 3.8) is 0 Å². The van der Waals surface area contributed by atoms with Gasteiger partial charge < -0.3 is 5.32 Å². The van der Waals surface area contributed by atoms with Crippen LogP contribution in [0.5, 0.6) is 0 Å². The van der Waals surface area contributed by atoms with Gasteiger partial charge in [-0.3, -0.25) is 9.78 Å². The third-order valence-electron chi connectivity index (χ3n) is 3.98. The van der Waals surface area contributed by atoms with Gasteiger partial charge in [-0.15, -0.1) is 10.2 Å². The molecule has 0 spiro atoms. The van der Waals surface area contributed by atoms with E-state index in [0.717, 1.165) is 22.4 Å². The SMILES string of the molecule is Cc1ccc(Cc2nnc(Nc3c(C)cccc3C)[nH]c2=O)cc1. The summed E-state index contributed by atoms with van der Waals surface area (Å²) < 4.78 is 0. The first-order chi connectivity index (χ1) is 11.5. The summed E-state index contributed by atoms with van der Waals surface area (Å²) in [4.78, 5) is 15.0. The number of aromatic amines is 1. The molecular formula is C19H20N4O. The topological polar surface area (TPSA) is 70.7 Å². The number of para-hydroxylation sites is 1. The van der Waals surface area contributed by atoms with Crippen molar-refractivity contribution in [1.29, 1.82) is 0 Å². The molecule has 5 nitrogen and oxygen atoms in total. The summed E-state index contributed by atoms with van der Waals surface area (Å²) in [6.45, 7) is 6.05. The Kier molecular flexibility index (Phi) is 4.42. The van der Waals surface area contributed by atoms with Crippen LogP contribution in [0.1, 0.15) is 27.9 Å². The molecule has 3 rings (SSSR count). The van der Waals surface area contributed by atoms with Crippen molar-refractivity contribution in [3.8, 4) is 0 Å². The summed E-state index contributed by atoms with van der Waals surface area (Å²) in [7, 11) is 0. The highest BCUT2D eigenvalue weighted by atomic mass is 16.1. The van der Waals surface area contributed by atoms with Crippen molar-refractivity contribution >= 4 is 11.6 Å². The Labute approximate surface area is 140 Å². The van der Waals surface area contributed by atoms with Crippen molar-refractivity contribution in [2.45, 2.75) is 27.2 Å². The minimum Gasteiger partial charge on any atom is -0.324 e. The Morgan fingerprint density at radius 1 is 0.958 bits per heavy atom. The average Bonchev–Trinajstić information content (AvgIpc) is 2.55. The molecule has 1 aromatic heterocycles. The van der Waals surface area contributed by atoms with E-state index in [0.29, 0.717) is 18.1 Å². The highest BCUT2D eigenvalue weighted by Gasteiger charge is 2.08. The summed E-state index contributed by atoms with van der Waals surface area (Å²) in [5.41, 5.74) is 5.52. The third-order valence-corrected chi connectivity index (χ3v) is 3.98. The molecule has 0 atom stereocenters. The molecule has 0 bridgehead atoms. The van der Waals surface area contributed by atoms with E-state index in [2.05, 4.69) is 20.5 Å². The molecule has 0 aliphatic rings. The molecule has 2 aromatic carbocycles. The summed E-state index contributed by atoms with van der Waals surface area (Å²) in [5.74, 6) is 0.352. The molecule has 0 unspecified atom stereocenters. The van der Waals surface area contributed by atoms with Crippen LogP contribution in [-0.4, -0.2) is 15.2 Å². The van der Waals surface area contributed by atoms with Crippen LogP contribution in [0.25, 0.3) is 0 Å². The van der Waals surface area contributed by atoms with Gasteiger partial charge in [0.2, 0.25) is 5.95 Å². The van der Waals surface area contributed by atoms with Crippen LogP contribution in [0.15, 0.2) is 47.3 Å². The smallest absolute Gasteiger partial charge is 0.274 e. The monoisotopic (exact) mass is 320 g/mol. The van der Waals surface area contributed by atoms with E-state index in [1.165, 1.54) is 5.56 Å². The van der Waals surface area contributed by atoms with Crippen molar-refractivity contribution < 1.29 is 0 Å². The number of benzene rings is 2. The number of aryl methyl sites for hydroxylation is 3. The molecule has 0 fully saturated rings. The molecule has 0 aliphatic carbocycles. The maximum Gasteiger partial charge on any atom is 0.274 e. The summed E-state index contributed by atoms with van der Waals surface area (Å²) in [6, 6.07) is 14.1. The van der Waals surface area contributed by atoms with Gasteiger partial charge in [-0.25, -0.2) is 0 Å². The lowest BCUT2D eigenvalue weighted by Gasteiger charge is -2.11. The fourth-order valence-electron chi connectivity index (χ4n) is 2.56. The van der Waals surface area contributed by atoms with Gasteiger partial charge in [0, 0.05) is 12.1 Å². The van der Waals surface area contributed by atoms with Crippen LogP contribution in [0, 0.1) is 20.8 Å². The fraction of sp³-hybridized carbons (Fsp3) is 0.211. The van der Waals surface area contributed by atoms with Crippen LogP contribution in [-0.2, 0) is 6.42 Å². The minimum atomic E-state index is -0.223. The Hall–Kier alpha value is -2.95. The Morgan fingerprint density at radius 3 is 2.25 bits per heavy atom. The molecule has 1 heterocycles. The van der Waals surface area contributed by atoms with Crippen LogP contribution in [0.2, 0.25) is 0 Å². The number of aromatic nitrogens is 3. The van der Waals surface area contributed by atoms with E-state index in [4.69, 9.17) is 0 Å². The lowest BCUT2D eigenvalue weighted by Crippen LogP contribution is -2.19. The molecule has 0 amide bonds. The zero-order valence-electron chi connectivity index (χ0n) is 14.1. The van der Waals surface area contributed by atoms with E-state index in [1.807, 2.05) is 63.2 Å². The van der Waals surface area contributed by atoms with Gasteiger partial charge in [-0.2, -0.15) is 0 Å². The second kappa shape index (κ2) is 6.66. The fourth-order valence-corrected chi connectivity index (χ4v) is 2.56. The van der Waals surface area contributed by atoms with Gasteiger partial charge in [0.05, 0.1) is 0 Å². The summed E-state index contributed by atoms with van der Waals surface area (Å²) in [5, 5.41) is 11.4. The Bertz CT molecular complexity index is 893. The van der Waals surface area contributed by atoms with Crippen LogP contribution in [0.3, 0.4) is 0 Å². The van der Waals surface area contributed by atoms with Gasteiger partial charge in [0.15, 0.2) is 0 Å². The predicted octanol–water partition coefficient (Wildman–Crippen LogP) is 3.42. The first-order valence-corrected chi connectivity index (χ1v) is 7.87. The first-order valence-electron chi connectivity index (χ1n) is 7.87. The molecule has 0 saturated carbocycles. The van der Waals surface area contributed by atoms with Gasteiger partial charge in [0.1, 0.15) is 5.69 Å². The van der Waals surface area contributed by atoms with Crippen molar-refractivity contribution in [2.24, 2.45) is 0 Å². The lowest BCUT2D eigenvalue weighted by atomic mass is 10.1. The third kappa shape index (κ3) is 3.51. The number of H-pyrrole nitrogens is 1. The summed E-state index contributed by atoms with van der Waals surface area (Å²) in [6.07, 6.45) is 0.465. The molecule has 5 heteroatoms. The van der Waals surface area contributed by atoms with Gasteiger partial charge in [-0.05, 0) is 37.5 Å². The zero-order chi connectivity index (χ0) is 17.1. The van der Waals surface area contributed by atoms with E-state index >= 15 is 0 Å². The normalized spacial score (nSPS) is 10.6. The first kappa shape index (κ1) is 15.9. The number of nitrogens with zero attached hydrogens (tertiary/aromatic N) is 2. The molecular weight excluding hydrogens is 300 g/mol. The highest BCUT2D eigenvalue weighted by molar-refractivity contribution is 5.62. The van der Waals surface area contributed by atoms with Crippen LogP contribution >= 0.6 is 0 Å². The van der Waals surface area contributed by atoms with E-state index < -0.39 is 0 Å². The second-order valence-corrected chi connectivity index (χ2v) is 6.00. The average molecular weight is 320 g/mol. The highest BCUT2D eigenvalue weighted by Crippen LogP contribution is 2.21. The van der Waals surface area contributed by atoms with Crippen molar-refractivity contribution in [3.05, 3.63) is 80.8 Å². The Morgan fingerprint density at radius 2 is 1.62 bits per heavy atom. The molecule has 0 radical (unpaired) electrons. The zero-order valence-corrected chi connectivity index (χ0v) is 14.1. The van der Waals surface area contributed by atoms with Crippen LogP contribution in [0.4, 0.5) is 11.6 Å².